The second kappa shape index (κ2) is 9.84. The molecule has 1 aromatic carbocycles. The third-order valence-electron chi connectivity index (χ3n) is 4.68. The van der Waals surface area contributed by atoms with E-state index >= 15 is 0 Å². The fourth-order valence-electron chi connectivity index (χ4n) is 3.21. The van der Waals surface area contributed by atoms with Gasteiger partial charge < -0.3 is 20.5 Å². The van der Waals surface area contributed by atoms with Gasteiger partial charge in [-0.2, -0.15) is 0 Å². The number of halogens is 2. The second-order valence-corrected chi connectivity index (χ2v) is 7.89. The first-order valence-electron chi connectivity index (χ1n) is 9.87. The van der Waals surface area contributed by atoms with Crippen LogP contribution in [0.5, 0.6) is 5.75 Å². The van der Waals surface area contributed by atoms with Crippen LogP contribution in [0.1, 0.15) is 10.4 Å². The first-order chi connectivity index (χ1) is 15.6. The monoisotopic (exact) mass is 457 g/mol. The van der Waals surface area contributed by atoms with E-state index in [1.54, 1.807) is 7.11 Å². The summed E-state index contributed by atoms with van der Waals surface area (Å²) < 4.78 is 38.3. The molecule has 0 amide bonds. The van der Waals surface area contributed by atoms with Gasteiger partial charge in [-0.25, -0.2) is 23.7 Å². The van der Waals surface area contributed by atoms with Gasteiger partial charge in [0.1, 0.15) is 28.8 Å². The Morgan fingerprint density at radius 1 is 1.31 bits per heavy atom. The van der Waals surface area contributed by atoms with Gasteiger partial charge in [0.05, 0.1) is 29.3 Å². The lowest BCUT2D eigenvalue weighted by molar-refractivity contribution is 0.210. The molecule has 0 aliphatic carbocycles. The van der Waals surface area contributed by atoms with Crippen molar-refractivity contribution in [1.82, 2.24) is 4.98 Å². The van der Waals surface area contributed by atoms with Crippen LogP contribution in [0.2, 0.25) is 0 Å². The summed E-state index contributed by atoms with van der Waals surface area (Å²) in [6, 6.07) is 8.85. The topological polar surface area (TPSA) is 94.1 Å². The van der Waals surface area contributed by atoms with Crippen molar-refractivity contribution in [2.45, 2.75) is 6.42 Å². The first kappa shape index (κ1) is 21.8. The van der Waals surface area contributed by atoms with E-state index in [1.807, 2.05) is 18.2 Å². The quantitative estimate of drug-likeness (QED) is 0.330. The number of ether oxygens (including phenoxy) is 2. The molecule has 0 atom stereocenters. The molecule has 1 aliphatic heterocycles. The summed E-state index contributed by atoms with van der Waals surface area (Å²) in [5, 5.41) is 3.22. The molecule has 3 heterocycles. The molecular formula is C22H21F2N5O2S. The molecule has 0 saturated carbocycles. The second-order valence-electron chi connectivity index (χ2n) is 6.84. The highest BCUT2D eigenvalue weighted by Gasteiger charge is 2.22. The van der Waals surface area contributed by atoms with Crippen LogP contribution in [0.25, 0.3) is 10.6 Å². The first-order valence-corrected chi connectivity index (χ1v) is 10.7. The van der Waals surface area contributed by atoms with Crippen molar-refractivity contribution < 1.29 is 18.3 Å². The molecule has 0 unspecified atom stereocenters. The van der Waals surface area contributed by atoms with E-state index in [0.717, 1.165) is 28.9 Å². The summed E-state index contributed by atoms with van der Waals surface area (Å²) in [6.45, 7) is 1.67. The number of methoxy groups -OCH3 is 1. The van der Waals surface area contributed by atoms with Crippen LogP contribution in [0, 0.1) is 11.6 Å². The van der Waals surface area contributed by atoms with Gasteiger partial charge in [-0.05, 0) is 35.9 Å². The molecule has 7 nitrogen and oxygen atoms in total. The van der Waals surface area contributed by atoms with E-state index in [1.165, 1.54) is 17.4 Å². The smallest absolute Gasteiger partial charge is 0.171 e. The molecule has 0 saturated heterocycles. The van der Waals surface area contributed by atoms with Crippen molar-refractivity contribution in [3.8, 4) is 16.3 Å². The van der Waals surface area contributed by atoms with E-state index in [4.69, 9.17) is 20.2 Å². The van der Waals surface area contributed by atoms with Crippen LogP contribution < -0.4 is 15.8 Å². The summed E-state index contributed by atoms with van der Waals surface area (Å²) in [5.41, 5.74) is 7.21. The Kier molecular flexibility index (Phi) is 6.72. The number of amidine groups is 1. The highest BCUT2D eigenvalue weighted by Crippen LogP contribution is 2.40. The predicted molar refractivity (Wildman–Crippen MR) is 122 cm³/mol. The van der Waals surface area contributed by atoms with Gasteiger partial charge in [-0.3, -0.25) is 0 Å². The van der Waals surface area contributed by atoms with Crippen LogP contribution in [0.3, 0.4) is 0 Å². The zero-order chi connectivity index (χ0) is 22.5. The Bertz CT molecular complexity index is 1180. The number of hydrogen-bond donors (Lipinski definition) is 2. The standard InChI is InChI=1S/C22H21F2N5O2S/c1-30-9-7-26-19-5-4-17-20(29-19)21-13(6-8-31-17)10-18(32-21)22(27-12-25)28-16-3-2-14(23)11-15(16)24/h2-5,10-12H,6-9H2,1H3,(H,26,29)(H2,25,27,28). The molecular weight excluding hydrogens is 436 g/mol. The van der Waals surface area contributed by atoms with Gasteiger partial charge in [0.2, 0.25) is 0 Å². The maximum Gasteiger partial charge on any atom is 0.171 e. The van der Waals surface area contributed by atoms with E-state index in [9.17, 15) is 8.78 Å². The number of rotatable bonds is 6. The SMILES string of the molecule is COCCNc1ccc2c(n1)-c1sc(C(N=CN)=Nc3ccc(F)cc3F)cc1CCO2. The molecule has 3 N–H and O–H groups in total. The Hall–Kier alpha value is -3.37. The average Bonchev–Trinajstić information content (AvgIpc) is 3.12. The number of aromatic nitrogens is 1. The van der Waals surface area contributed by atoms with Crippen molar-refractivity contribution in [1.29, 1.82) is 0 Å². The van der Waals surface area contributed by atoms with Crippen LogP contribution in [0.15, 0.2) is 46.4 Å². The number of nitrogens with two attached hydrogens (primary N) is 1. The third-order valence-corrected chi connectivity index (χ3v) is 5.86. The highest BCUT2D eigenvalue weighted by molar-refractivity contribution is 7.17. The lowest BCUT2D eigenvalue weighted by Gasteiger charge is -2.10. The summed E-state index contributed by atoms with van der Waals surface area (Å²) in [7, 11) is 1.64. The number of fused-ring (bicyclic) bond motifs is 3. The van der Waals surface area contributed by atoms with Crippen molar-refractivity contribution >= 4 is 35.0 Å². The van der Waals surface area contributed by atoms with Crippen molar-refractivity contribution in [2.75, 3.05) is 32.2 Å². The molecule has 0 radical (unpaired) electrons. The van der Waals surface area contributed by atoms with E-state index < -0.39 is 11.6 Å². The minimum Gasteiger partial charge on any atom is -0.491 e. The van der Waals surface area contributed by atoms with Crippen molar-refractivity contribution in [3.63, 3.8) is 0 Å². The minimum atomic E-state index is -0.778. The molecule has 166 valence electrons. The van der Waals surface area contributed by atoms with Crippen LogP contribution in [0.4, 0.5) is 20.3 Å². The number of thiophene rings is 1. The number of nitrogens with one attached hydrogen (secondary N) is 1. The lowest BCUT2D eigenvalue weighted by atomic mass is 10.1. The van der Waals surface area contributed by atoms with Crippen molar-refractivity contribution in [3.05, 3.63) is 58.5 Å². The Morgan fingerprint density at radius 3 is 2.97 bits per heavy atom. The number of pyridine rings is 1. The molecule has 32 heavy (non-hydrogen) atoms. The molecule has 0 spiro atoms. The molecule has 4 rings (SSSR count). The average molecular weight is 458 g/mol. The molecule has 1 aliphatic rings. The van der Waals surface area contributed by atoms with Crippen LogP contribution >= 0.6 is 11.3 Å². The molecule has 2 aromatic heterocycles. The summed E-state index contributed by atoms with van der Waals surface area (Å²) in [5.74, 6) is 0.160. The summed E-state index contributed by atoms with van der Waals surface area (Å²) in [4.78, 5) is 14.7. The largest absolute Gasteiger partial charge is 0.491 e. The lowest BCUT2D eigenvalue weighted by Crippen LogP contribution is -2.09. The van der Waals surface area contributed by atoms with E-state index in [2.05, 4.69) is 15.3 Å². The van der Waals surface area contributed by atoms with E-state index in [0.29, 0.717) is 48.3 Å². The maximum atomic E-state index is 14.1. The molecule has 3 aromatic rings. The van der Waals surface area contributed by atoms with Crippen LogP contribution in [-0.2, 0) is 11.2 Å². The third kappa shape index (κ3) is 4.76. The highest BCUT2D eigenvalue weighted by atomic mass is 32.1. The zero-order valence-corrected chi connectivity index (χ0v) is 18.1. The van der Waals surface area contributed by atoms with Gasteiger partial charge in [0.25, 0.3) is 0 Å². The number of benzene rings is 1. The Morgan fingerprint density at radius 2 is 2.19 bits per heavy atom. The zero-order valence-electron chi connectivity index (χ0n) is 17.3. The van der Waals surface area contributed by atoms with Gasteiger partial charge in [0.15, 0.2) is 11.7 Å². The van der Waals surface area contributed by atoms with Gasteiger partial charge >= 0.3 is 0 Å². The fraction of sp³-hybridized carbons (Fsp3) is 0.227. The predicted octanol–water partition coefficient (Wildman–Crippen LogP) is 4.15. The number of aliphatic imine (C=N–C) groups is 2. The molecule has 0 fully saturated rings. The summed E-state index contributed by atoms with van der Waals surface area (Å²) >= 11 is 1.41. The van der Waals surface area contributed by atoms with Gasteiger partial charge in [0, 0.05) is 26.1 Å². The Labute approximate surface area is 187 Å². The number of anilines is 1. The molecule has 10 heteroatoms. The number of nitrogens with zero attached hydrogens (tertiary/aromatic N) is 3. The van der Waals surface area contributed by atoms with Gasteiger partial charge in [-0.15, -0.1) is 11.3 Å². The molecule has 0 bridgehead atoms. The number of hydrogen-bond acceptors (Lipinski definition) is 6. The van der Waals surface area contributed by atoms with E-state index in [-0.39, 0.29) is 11.5 Å². The summed E-state index contributed by atoms with van der Waals surface area (Å²) in [6.07, 6.45) is 1.76. The Balaban J connectivity index is 1.74. The van der Waals surface area contributed by atoms with Gasteiger partial charge in [-0.1, -0.05) is 0 Å². The normalized spacial score (nSPS) is 13.4. The fourth-order valence-corrected chi connectivity index (χ4v) is 4.35. The maximum absolute atomic E-state index is 14.1. The van der Waals surface area contributed by atoms with Crippen LogP contribution in [-0.4, -0.2) is 44.0 Å². The van der Waals surface area contributed by atoms with Crippen molar-refractivity contribution in [2.24, 2.45) is 15.7 Å². The minimum absolute atomic E-state index is 0.0259.